The SMILES string of the molecule is CCCOC(=O)CC1C(CC(=O)OCCC)C2CC1C1C3C=CC(C3)C21. The van der Waals surface area contributed by atoms with Crippen LogP contribution >= 0.6 is 0 Å². The number of carbonyl (C=O) groups is 2. The summed E-state index contributed by atoms with van der Waals surface area (Å²) in [7, 11) is 0. The first kappa shape index (κ1) is 18.1. The highest BCUT2D eigenvalue weighted by atomic mass is 16.5. The molecule has 0 spiro atoms. The van der Waals surface area contributed by atoms with E-state index in [1.54, 1.807) is 0 Å². The summed E-state index contributed by atoms with van der Waals surface area (Å²) in [6, 6.07) is 0. The van der Waals surface area contributed by atoms with Gasteiger partial charge in [0.05, 0.1) is 13.2 Å². The molecule has 4 rings (SSSR count). The van der Waals surface area contributed by atoms with Gasteiger partial charge in [0.15, 0.2) is 0 Å². The minimum Gasteiger partial charge on any atom is -0.466 e. The van der Waals surface area contributed by atoms with Crippen molar-refractivity contribution in [1.29, 1.82) is 0 Å². The molecule has 0 amide bonds. The number of ether oxygens (including phenoxy) is 2. The molecule has 0 aromatic heterocycles. The van der Waals surface area contributed by atoms with Crippen LogP contribution in [0.4, 0.5) is 0 Å². The first-order chi connectivity index (χ1) is 12.6. The van der Waals surface area contributed by atoms with E-state index in [0.29, 0.717) is 61.6 Å². The summed E-state index contributed by atoms with van der Waals surface area (Å²) >= 11 is 0. The Hall–Kier alpha value is -1.32. The summed E-state index contributed by atoms with van der Waals surface area (Å²) in [5, 5.41) is 0. The lowest BCUT2D eigenvalue weighted by Crippen LogP contribution is -2.39. The highest BCUT2D eigenvalue weighted by Gasteiger charge is 2.64. The van der Waals surface area contributed by atoms with Crippen molar-refractivity contribution in [2.45, 2.75) is 52.4 Å². The molecule has 4 heteroatoms. The molecule has 0 aromatic carbocycles. The normalized spacial score (nSPS) is 41.5. The average molecular weight is 360 g/mol. The van der Waals surface area contributed by atoms with Crippen LogP contribution in [-0.2, 0) is 19.1 Å². The summed E-state index contributed by atoms with van der Waals surface area (Å²) in [6.45, 7) is 5.04. The minimum atomic E-state index is -0.0772. The molecule has 144 valence electrons. The van der Waals surface area contributed by atoms with Crippen molar-refractivity contribution in [3.63, 3.8) is 0 Å². The van der Waals surface area contributed by atoms with Gasteiger partial charge < -0.3 is 9.47 Å². The van der Waals surface area contributed by atoms with Crippen molar-refractivity contribution in [1.82, 2.24) is 0 Å². The van der Waals surface area contributed by atoms with Crippen molar-refractivity contribution in [2.24, 2.45) is 47.3 Å². The molecule has 4 nitrogen and oxygen atoms in total. The fourth-order valence-electron chi connectivity index (χ4n) is 6.83. The Balaban J connectivity index is 1.49. The highest BCUT2D eigenvalue weighted by Crippen LogP contribution is 2.69. The third-order valence-corrected chi connectivity index (χ3v) is 7.51. The number of rotatable bonds is 8. The molecule has 0 saturated heterocycles. The molecule has 0 radical (unpaired) electrons. The summed E-state index contributed by atoms with van der Waals surface area (Å²) in [4.78, 5) is 24.7. The predicted octanol–water partition coefficient (Wildman–Crippen LogP) is 3.99. The molecule has 8 unspecified atom stereocenters. The maximum Gasteiger partial charge on any atom is 0.306 e. The monoisotopic (exact) mass is 360 g/mol. The maximum atomic E-state index is 12.3. The van der Waals surface area contributed by atoms with E-state index in [0.717, 1.165) is 24.7 Å². The van der Waals surface area contributed by atoms with E-state index in [4.69, 9.17) is 9.47 Å². The van der Waals surface area contributed by atoms with Gasteiger partial charge in [-0.15, -0.1) is 0 Å². The van der Waals surface area contributed by atoms with Gasteiger partial charge in [-0.1, -0.05) is 26.0 Å². The molecule has 0 N–H and O–H groups in total. The van der Waals surface area contributed by atoms with Gasteiger partial charge in [0.1, 0.15) is 0 Å². The lowest BCUT2D eigenvalue weighted by molar-refractivity contribution is -0.150. The van der Waals surface area contributed by atoms with Crippen LogP contribution in [0.3, 0.4) is 0 Å². The zero-order valence-electron chi connectivity index (χ0n) is 16.1. The lowest BCUT2D eigenvalue weighted by Gasteiger charge is -2.41. The average Bonchev–Trinajstić information content (AvgIpc) is 3.38. The van der Waals surface area contributed by atoms with Crippen LogP contribution in [0.1, 0.15) is 52.4 Å². The number of carbonyl (C=O) groups excluding carboxylic acids is 2. The summed E-state index contributed by atoms with van der Waals surface area (Å²) in [6.07, 6.45) is 10.0. The number of fused-ring (bicyclic) bond motifs is 9. The molecule has 3 saturated carbocycles. The fourth-order valence-corrected chi connectivity index (χ4v) is 6.83. The van der Waals surface area contributed by atoms with Crippen molar-refractivity contribution in [3.05, 3.63) is 12.2 Å². The van der Waals surface area contributed by atoms with Crippen LogP contribution in [-0.4, -0.2) is 25.2 Å². The number of hydrogen-bond acceptors (Lipinski definition) is 4. The molecule has 0 heterocycles. The molecule has 3 fully saturated rings. The number of esters is 2. The molecule has 8 atom stereocenters. The van der Waals surface area contributed by atoms with E-state index in [1.807, 2.05) is 13.8 Å². The zero-order chi connectivity index (χ0) is 18.3. The molecule has 0 aliphatic heterocycles. The second-order valence-electron chi connectivity index (χ2n) is 8.84. The zero-order valence-corrected chi connectivity index (χ0v) is 16.1. The van der Waals surface area contributed by atoms with Crippen LogP contribution < -0.4 is 0 Å². The van der Waals surface area contributed by atoms with Gasteiger partial charge in [0, 0.05) is 12.8 Å². The molecule has 4 bridgehead atoms. The second kappa shape index (κ2) is 7.36. The Bertz CT molecular complexity index is 535. The van der Waals surface area contributed by atoms with Gasteiger partial charge in [-0.05, 0) is 73.0 Å². The first-order valence-electron chi connectivity index (χ1n) is 10.6. The van der Waals surface area contributed by atoms with E-state index in [-0.39, 0.29) is 11.9 Å². The highest BCUT2D eigenvalue weighted by molar-refractivity contribution is 5.71. The third-order valence-electron chi connectivity index (χ3n) is 7.51. The van der Waals surface area contributed by atoms with E-state index >= 15 is 0 Å². The minimum absolute atomic E-state index is 0.0772. The Morgan fingerprint density at radius 2 is 1.27 bits per heavy atom. The van der Waals surface area contributed by atoms with Crippen molar-refractivity contribution >= 4 is 11.9 Å². The van der Waals surface area contributed by atoms with Crippen molar-refractivity contribution < 1.29 is 19.1 Å². The molecule has 0 aromatic rings. The van der Waals surface area contributed by atoms with Gasteiger partial charge in [-0.3, -0.25) is 9.59 Å². The summed E-state index contributed by atoms with van der Waals surface area (Å²) in [5.41, 5.74) is 0. The van der Waals surface area contributed by atoms with Crippen molar-refractivity contribution in [3.8, 4) is 0 Å². The smallest absolute Gasteiger partial charge is 0.306 e. The topological polar surface area (TPSA) is 52.6 Å². The quantitative estimate of drug-likeness (QED) is 0.373. The second-order valence-corrected chi connectivity index (χ2v) is 8.84. The number of allylic oxidation sites excluding steroid dienone is 2. The standard InChI is InChI=1S/C22H32O4/c1-3-7-25-19(23)11-15-16(12-20(24)26-8-4-2)18-10-17(15)21-13-5-6-14(9-13)22(18)21/h5-6,13-18,21-22H,3-4,7-12H2,1-2H3. The summed E-state index contributed by atoms with van der Waals surface area (Å²) < 4.78 is 10.8. The van der Waals surface area contributed by atoms with E-state index in [1.165, 1.54) is 12.8 Å². The Labute approximate surface area is 156 Å². The molecular weight excluding hydrogens is 328 g/mol. The Morgan fingerprint density at radius 1 is 0.808 bits per heavy atom. The predicted molar refractivity (Wildman–Crippen MR) is 98.0 cm³/mol. The van der Waals surface area contributed by atoms with E-state index in [9.17, 15) is 9.59 Å². The molecule has 4 aliphatic carbocycles. The third kappa shape index (κ3) is 2.99. The van der Waals surface area contributed by atoms with Crippen molar-refractivity contribution in [2.75, 3.05) is 13.2 Å². The van der Waals surface area contributed by atoms with E-state index < -0.39 is 0 Å². The van der Waals surface area contributed by atoms with Crippen LogP contribution in [0.15, 0.2) is 12.2 Å². The van der Waals surface area contributed by atoms with Gasteiger partial charge in [0.25, 0.3) is 0 Å². The number of hydrogen-bond donors (Lipinski definition) is 0. The van der Waals surface area contributed by atoms with Gasteiger partial charge in [-0.2, -0.15) is 0 Å². The van der Waals surface area contributed by atoms with Gasteiger partial charge >= 0.3 is 11.9 Å². The van der Waals surface area contributed by atoms with Gasteiger partial charge in [0.2, 0.25) is 0 Å². The van der Waals surface area contributed by atoms with Crippen LogP contribution in [0.25, 0.3) is 0 Å². The Morgan fingerprint density at radius 3 is 1.69 bits per heavy atom. The summed E-state index contributed by atoms with van der Waals surface area (Å²) in [5.74, 6) is 4.51. The first-order valence-corrected chi connectivity index (χ1v) is 10.6. The molecular formula is C22H32O4. The lowest BCUT2D eigenvalue weighted by atomic mass is 9.63. The molecule has 4 aliphatic rings. The van der Waals surface area contributed by atoms with Crippen LogP contribution in [0.2, 0.25) is 0 Å². The van der Waals surface area contributed by atoms with E-state index in [2.05, 4.69) is 12.2 Å². The fraction of sp³-hybridized carbons (Fsp3) is 0.818. The largest absolute Gasteiger partial charge is 0.466 e. The van der Waals surface area contributed by atoms with Crippen LogP contribution in [0.5, 0.6) is 0 Å². The Kier molecular flexibility index (Phi) is 5.11. The molecule has 26 heavy (non-hydrogen) atoms. The van der Waals surface area contributed by atoms with Gasteiger partial charge in [-0.25, -0.2) is 0 Å². The maximum absolute atomic E-state index is 12.3. The van der Waals surface area contributed by atoms with Crippen LogP contribution in [0, 0.1) is 47.3 Å².